The first-order chi connectivity index (χ1) is 36.5. The molecule has 5 N–H and O–H groups in total. The third-order valence-electron chi connectivity index (χ3n) is 16.1. The van der Waals surface area contributed by atoms with Crippen molar-refractivity contribution in [2.24, 2.45) is 0 Å². The zero-order valence-electron chi connectivity index (χ0n) is 50.1. The van der Waals surface area contributed by atoms with Gasteiger partial charge in [0, 0.05) is 0 Å². The van der Waals surface area contributed by atoms with E-state index in [0.29, 0.717) is 12.8 Å². The molecule has 6 nitrogen and oxygen atoms in total. The molecule has 0 aliphatic heterocycles. The molecular formula is C68H133NO5. The molecule has 6 heteroatoms. The molecule has 4 atom stereocenters. The number of aliphatic hydroxyl groups excluding tert-OH is 4. The second-order valence-corrected chi connectivity index (χ2v) is 23.5. The fraction of sp³-hybridized carbons (Fsp3) is 0.926. The van der Waals surface area contributed by atoms with Gasteiger partial charge in [0.2, 0.25) is 5.91 Å². The number of hydrogen-bond acceptors (Lipinski definition) is 5. The van der Waals surface area contributed by atoms with Crippen LogP contribution in [-0.4, -0.2) is 57.3 Å². The Bertz CT molecular complexity index is 1130. The maximum absolute atomic E-state index is 12.6. The number of allylic oxidation sites excluding steroid dienone is 4. The van der Waals surface area contributed by atoms with E-state index in [9.17, 15) is 25.2 Å². The molecule has 1 amide bonds. The maximum atomic E-state index is 12.6. The summed E-state index contributed by atoms with van der Waals surface area (Å²) in [6.07, 6.45) is 78.7. The molecule has 0 heterocycles. The van der Waals surface area contributed by atoms with Crippen LogP contribution >= 0.6 is 0 Å². The van der Waals surface area contributed by atoms with Gasteiger partial charge in [0.05, 0.1) is 18.8 Å². The highest BCUT2D eigenvalue weighted by Gasteiger charge is 2.28. The van der Waals surface area contributed by atoms with E-state index in [1.807, 2.05) is 0 Å². The van der Waals surface area contributed by atoms with Crippen LogP contribution in [-0.2, 0) is 4.79 Å². The summed E-state index contributed by atoms with van der Waals surface area (Å²) in [4.78, 5) is 12.6. The average Bonchev–Trinajstić information content (AvgIpc) is 3.41. The highest BCUT2D eigenvalue weighted by molar-refractivity contribution is 5.80. The zero-order chi connectivity index (χ0) is 53.7. The van der Waals surface area contributed by atoms with Crippen molar-refractivity contribution in [2.45, 2.75) is 398 Å². The molecule has 0 saturated heterocycles. The third-order valence-corrected chi connectivity index (χ3v) is 16.1. The van der Waals surface area contributed by atoms with Gasteiger partial charge in [-0.15, -0.1) is 0 Å². The quantitative estimate of drug-likeness (QED) is 0.0308. The van der Waals surface area contributed by atoms with E-state index >= 15 is 0 Å². The van der Waals surface area contributed by atoms with Crippen LogP contribution in [0.1, 0.15) is 373 Å². The lowest BCUT2D eigenvalue weighted by Crippen LogP contribution is -2.53. The largest absolute Gasteiger partial charge is 0.394 e. The molecule has 4 unspecified atom stereocenters. The van der Waals surface area contributed by atoms with Crippen molar-refractivity contribution < 1.29 is 25.2 Å². The molecule has 0 aromatic heterocycles. The number of amides is 1. The Hall–Kier alpha value is -1.21. The molecule has 0 saturated carbocycles. The molecule has 0 radical (unpaired) electrons. The first kappa shape index (κ1) is 72.8. The van der Waals surface area contributed by atoms with E-state index in [2.05, 4.69) is 43.5 Å². The second kappa shape index (κ2) is 62.6. The van der Waals surface area contributed by atoms with Crippen molar-refractivity contribution in [3.63, 3.8) is 0 Å². The Balaban J connectivity index is 3.57. The number of nitrogens with one attached hydrogen (secondary N) is 1. The fourth-order valence-corrected chi connectivity index (χ4v) is 10.9. The molecular weight excluding hydrogens is 911 g/mol. The van der Waals surface area contributed by atoms with Crippen LogP contribution in [0, 0.1) is 0 Å². The molecule has 440 valence electrons. The minimum Gasteiger partial charge on any atom is -0.394 e. The van der Waals surface area contributed by atoms with Gasteiger partial charge < -0.3 is 25.7 Å². The highest BCUT2D eigenvalue weighted by Crippen LogP contribution is 2.19. The average molecular weight is 1040 g/mol. The molecule has 0 aromatic carbocycles. The van der Waals surface area contributed by atoms with E-state index in [0.717, 1.165) is 38.5 Å². The van der Waals surface area contributed by atoms with Crippen LogP contribution in [0.5, 0.6) is 0 Å². The smallest absolute Gasteiger partial charge is 0.249 e. The summed E-state index contributed by atoms with van der Waals surface area (Å²) in [6.45, 7) is 4.10. The van der Waals surface area contributed by atoms with Gasteiger partial charge in [0.25, 0.3) is 0 Å². The summed E-state index contributed by atoms with van der Waals surface area (Å²) in [5.74, 6) is -0.588. The third kappa shape index (κ3) is 55.5. The van der Waals surface area contributed by atoms with Crippen LogP contribution in [0.15, 0.2) is 24.3 Å². The van der Waals surface area contributed by atoms with Gasteiger partial charge >= 0.3 is 0 Å². The summed E-state index contributed by atoms with van der Waals surface area (Å²) in [5.41, 5.74) is 0. The van der Waals surface area contributed by atoms with E-state index in [1.54, 1.807) is 0 Å². The monoisotopic (exact) mass is 1040 g/mol. The summed E-state index contributed by atoms with van der Waals surface area (Å²) in [6, 6.07) is -1.00. The van der Waals surface area contributed by atoms with Crippen LogP contribution in [0.3, 0.4) is 0 Å². The molecule has 0 bridgehead atoms. The van der Waals surface area contributed by atoms with Crippen molar-refractivity contribution in [3.8, 4) is 0 Å². The van der Waals surface area contributed by atoms with Gasteiger partial charge in [-0.05, 0) is 64.2 Å². The molecule has 0 spiro atoms. The minimum atomic E-state index is -1.28. The van der Waals surface area contributed by atoms with Gasteiger partial charge in [0.1, 0.15) is 12.2 Å². The first-order valence-electron chi connectivity index (χ1n) is 33.7. The Morgan fingerprint density at radius 3 is 0.811 bits per heavy atom. The Kier molecular flexibility index (Phi) is 61.6. The normalized spacial score (nSPS) is 13.6. The van der Waals surface area contributed by atoms with Gasteiger partial charge in [-0.2, -0.15) is 0 Å². The lowest BCUT2D eigenvalue weighted by atomic mass is 10.00. The first-order valence-corrected chi connectivity index (χ1v) is 33.7. The van der Waals surface area contributed by atoms with Crippen LogP contribution in [0.4, 0.5) is 0 Å². The van der Waals surface area contributed by atoms with Crippen LogP contribution in [0.2, 0.25) is 0 Å². The van der Waals surface area contributed by atoms with Crippen molar-refractivity contribution in [3.05, 3.63) is 24.3 Å². The Morgan fingerprint density at radius 1 is 0.324 bits per heavy atom. The number of unbranched alkanes of at least 4 members (excludes halogenated alkanes) is 50. The number of rotatable bonds is 63. The lowest BCUT2D eigenvalue weighted by Gasteiger charge is -2.27. The van der Waals surface area contributed by atoms with Gasteiger partial charge in [-0.1, -0.05) is 334 Å². The summed E-state index contributed by atoms with van der Waals surface area (Å²) in [5, 5.41) is 44.2. The van der Waals surface area contributed by atoms with Crippen molar-refractivity contribution >= 4 is 5.91 Å². The molecule has 0 aliphatic carbocycles. The molecule has 0 aromatic rings. The van der Waals surface area contributed by atoms with Gasteiger partial charge in [0.15, 0.2) is 0 Å². The van der Waals surface area contributed by atoms with Gasteiger partial charge in [-0.25, -0.2) is 0 Å². The number of hydrogen-bond donors (Lipinski definition) is 5. The predicted molar refractivity (Wildman–Crippen MR) is 325 cm³/mol. The standard InChI is InChI=1S/C68H133NO5/c1-3-5-7-9-11-13-15-17-19-21-23-25-27-29-31-32-33-34-35-36-38-39-41-43-45-47-49-51-53-55-57-59-61-65(71)67(73)64(63-70)69-68(74)66(72)62-60-58-56-54-52-50-48-46-44-42-40-37-30-28-26-24-22-20-18-16-14-12-10-8-6-4-2/h30,37,53,55,64-67,70-73H,3-29,31-36,38-52,54,56-63H2,1-2H3,(H,69,74)/b37-30-,55-53+. The number of carbonyl (C=O) groups excluding carboxylic acids is 1. The molecule has 0 rings (SSSR count). The summed E-state index contributed by atoms with van der Waals surface area (Å²) >= 11 is 0. The summed E-state index contributed by atoms with van der Waals surface area (Å²) in [7, 11) is 0. The molecule has 74 heavy (non-hydrogen) atoms. The maximum Gasteiger partial charge on any atom is 0.249 e. The van der Waals surface area contributed by atoms with E-state index in [-0.39, 0.29) is 0 Å². The number of aliphatic hydroxyl groups is 4. The predicted octanol–water partition coefficient (Wildman–Crippen LogP) is 20.5. The zero-order valence-corrected chi connectivity index (χ0v) is 50.1. The molecule has 0 fully saturated rings. The van der Waals surface area contributed by atoms with E-state index in [1.165, 1.54) is 308 Å². The Labute approximate surface area is 463 Å². The van der Waals surface area contributed by atoms with Crippen molar-refractivity contribution in [2.75, 3.05) is 6.61 Å². The summed E-state index contributed by atoms with van der Waals surface area (Å²) < 4.78 is 0. The molecule has 0 aliphatic rings. The minimum absolute atomic E-state index is 0.364. The topological polar surface area (TPSA) is 110 Å². The second-order valence-electron chi connectivity index (χ2n) is 23.5. The van der Waals surface area contributed by atoms with E-state index < -0.39 is 36.9 Å². The van der Waals surface area contributed by atoms with Crippen molar-refractivity contribution in [1.82, 2.24) is 5.32 Å². The highest BCUT2D eigenvalue weighted by atomic mass is 16.3. The fourth-order valence-electron chi connectivity index (χ4n) is 10.9. The van der Waals surface area contributed by atoms with Gasteiger partial charge in [-0.3, -0.25) is 4.79 Å². The Morgan fingerprint density at radius 2 is 0.554 bits per heavy atom. The van der Waals surface area contributed by atoms with Crippen LogP contribution in [0.25, 0.3) is 0 Å². The van der Waals surface area contributed by atoms with Crippen molar-refractivity contribution in [1.29, 1.82) is 0 Å². The van der Waals surface area contributed by atoms with Crippen LogP contribution < -0.4 is 5.32 Å². The lowest BCUT2D eigenvalue weighted by molar-refractivity contribution is -0.132. The number of carbonyl (C=O) groups is 1. The van der Waals surface area contributed by atoms with E-state index in [4.69, 9.17) is 0 Å². The SMILES string of the molecule is CCCCCCCCCCCCCC/C=C\CCCCCCCCCCCCC(O)C(=O)NC(CO)C(O)C(O)CCC/C=C/CCCCCCCCCCCCCCCCCCCCCCCCCCCCC.